The Kier molecular flexibility index (Phi) is 4.17. The molecule has 4 nitrogen and oxygen atoms in total. The van der Waals surface area contributed by atoms with Gasteiger partial charge in [-0.2, -0.15) is 0 Å². The van der Waals surface area contributed by atoms with Crippen LogP contribution in [0.1, 0.15) is 16.8 Å². The summed E-state index contributed by atoms with van der Waals surface area (Å²) in [5.41, 5.74) is 5.90. The van der Waals surface area contributed by atoms with Gasteiger partial charge in [0.2, 0.25) is 0 Å². The summed E-state index contributed by atoms with van der Waals surface area (Å²) in [5, 5.41) is 0. The number of halogens is 3. The molecule has 1 saturated heterocycles. The maximum absolute atomic E-state index is 12.1. The first-order valence-electron chi connectivity index (χ1n) is 6.24. The number of amides is 1. The Bertz CT molecular complexity index is 473. The van der Waals surface area contributed by atoms with Crippen LogP contribution < -0.4 is 10.5 Å². The first-order chi connectivity index (χ1) is 9.39. The van der Waals surface area contributed by atoms with Crippen LogP contribution in [0.2, 0.25) is 0 Å². The topological polar surface area (TPSA) is 55.6 Å². The lowest BCUT2D eigenvalue weighted by Crippen LogP contribution is -2.29. The molecule has 1 aromatic carbocycles. The Balaban J connectivity index is 2.01. The molecule has 0 radical (unpaired) electrons. The summed E-state index contributed by atoms with van der Waals surface area (Å²) >= 11 is 0. The maximum atomic E-state index is 12.1. The van der Waals surface area contributed by atoms with Crippen LogP contribution in [-0.2, 0) is 0 Å². The van der Waals surface area contributed by atoms with Crippen molar-refractivity contribution >= 4 is 5.91 Å². The van der Waals surface area contributed by atoms with E-state index in [2.05, 4.69) is 4.74 Å². The first kappa shape index (κ1) is 14.6. The molecular weight excluding hydrogens is 273 g/mol. The third-order valence-corrected chi connectivity index (χ3v) is 3.24. The number of carbonyl (C=O) groups is 1. The summed E-state index contributed by atoms with van der Waals surface area (Å²) in [4.78, 5) is 13.8. The zero-order valence-electron chi connectivity index (χ0n) is 10.7. The van der Waals surface area contributed by atoms with E-state index in [9.17, 15) is 18.0 Å². The molecule has 1 heterocycles. The molecule has 1 aliphatic heterocycles. The monoisotopic (exact) mass is 288 g/mol. The van der Waals surface area contributed by atoms with Gasteiger partial charge >= 0.3 is 6.36 Å². The molecule has 1 aromatic rings. The van der Waals surface area contributed by atoms with Crippen LogP contribution in [0.25, 0.3) is 0 Å². The zero-order valence-corrected chi connectivity index (χ0v) is 10.7. The number of likely N-dealkylation sites (tertiary alicyclic amines) is 1. The lowest BCUT2D eigenvalue weighted by molar-refractivity contribution is -0.274. The van der Waals surface area contributed by atoms with Gasteiger partial charge in [0.25, 0.3) is 5.91 Å². The fourth-order valence-corrected chi connectivity index (χ4v) is 2.19. The zero-order chi connectivity index (χ0) is 14.8. The van der Waals surface area contributed by atoms with Gasteiger partial charge < -0.3 is 15.4 Å². The van der Waals surface area contributed by atoms with Gasteiger partial charge in [0.15, 0.2) is 0 Å². The van der Waals surface area contributed by atoms with Crippen LogP contribution in [0.15, 0.2) is 24.3 Å². The number of alkyl halides is 3. The Morgan fingerprint density at radius 1 is 1.35 bits per heavy atom. The van der Waals surface area contributed by atoms with Gasteiger partial charge in [-0.25, -0.2) is 0 Å². The summed E-state index contributed by atoms with van der Waals surface area (Å²) < 4.78 is 39.8. The fraction of sp³-hybridized carbons (Fsp3) is 0.462. The van der Waals surface area contributed by atoms with E-state index in [4.69, 9.17) is 5.73 Å². The number of ether oxygens (including phenoxy) is 1. The minimum Gasteiger partial charge on any atom is -0.406 e. The smallest absolute Gasteiger partial charge is 0.406 e. The Labute approximate surface area is 114 Å². The van der Waals surface area contributed by atoms with Crippen molar-refractivity contribution in [3.05, 3.63) is 29.8 Å². The largest absolute Gasteiger partial charge is 0.573 e. The minimum atomic E-state index is -4.73. The first-order valence-corrected chi connectivity index (χ1v) is 6.24. The highest BCUT2D eigenvalue weighted by Gasteiger charge is 2.31. The third-order valence-electron chi connectivity index (χ3n) is 3.24. The number of hydrogen-bond donors (Lipinski definition) is 1. The molecule has 0 spiro atoms. The van der Waals surface area contributed by atoms with Crippen LogP contribution >= 0.6 is 0 Å². The van der Waals surface area contributed by atoms with Gasteiger partial charge in [-0.15, -0.1) is 13.2 Å². The van der Waals surface area contributed by atoms with Gasteiger partial charge in [0, 0.05) is 18.7 Å². The molecule has 0 aliphatic carbocycles. The Morgan fingerprint density at radius 2 is 2.00 bits per heavy atom. The Morgan fingerprint density at radius 3 is 2.50 bits per heavy atom. The summed E-state index contributed by atoms with van der Waals surface area (Å²) in [7, 11) is 0. The second-order valence-corrected chi connectivity index (χ2v) is 4.71. The molecule has 2 rings (SSSR count). The molecule has 20 heavy (non-hydrogen) atoms. The van der Waals surface area contributed by atoms with E-state index in [1.165, 1.54) is 12.1 Å². The van der Waals surface area contributed by atoms with Crippen molar-refractivity contribution in [1.82, 2.24) is 4.90 Å². The lowest BCUT2D eigenvalue weighted by atomic mass is 10.1. The number of carbonyl (C=O) groups excluding carboxylic acids is 1. The van der Waals surface area contributed by atoms with Crippen LogP contribution in [0.5, 0.6) is 5.75 Å². The normalized spacial score (nSPS) is 19.2. The molecule has 0 unspecified atom stereocenters. The Hall–Kier alpha value is -1.76. The van der Waals surface area contributed by atoms with Crippen molar-refractivity contribution < 1.29 is 22.7 Å². The molecule has 1 fully saturated rings. The van der Waals surface area contributed by atoms with Gasteiger partial charge in [0.05, 0.1) is 0 Å². The van der Waals surface area contributed by atoms with Crippen LogP contribution in [0, 0.1) is 5.92 Å². The van der Waals surface area contributed by atoms with E-state index in [1.807, 2.05) is 0 Å². The van der Waals surface area contributed by atoms with E-state index >= 15 is 0 Å². The fourth-order valence-electron chi connectivity index (χ4n) is 2.19. The van der Waals surface area contributed by atoms with Gasteiger partial charge in [-0.1, -0.05) is 0 Å². The van der Waals surface area contributed by atoms with Gasteiger partial charge in [-0.3, -0.25) is 4.79 Å². The van der Waals surface area contributed by atoms with E-state index in [-0.39, 0.29) is 11.7 Å². The maximum Gasteiger partial charge on any atom is 0.573 e. The van der Waals surface area contributed by atoms with Crippen molar-refractivity contribution in [2.45, 2.75) is 12.8 Å². The highest BCUT2D eigenvalue weighted by atomic mass is 19.4. The average molecular weight is 288 g/mol. The molecule has 0 saturated carbocycles. The van der Waals surface area contributed by atoms with E-state index in [0.717, 1.165) is 18.6 Å². The average Bonchev–Trinajstić information content (AvgIpc) is 2.85. The van der Waals surface area contributed by atoms with Crippen molar-refractivity contribution in [2.24, 2.45) is 11.7 Å². The molecule has 1 aliphatic rings. The van der Waals surface area contributed by atoms with E-state index in [1.54, 1.807) is 4.90 Å². The standard InChI is InChI=1S/C13H15F3N2O2/c14-13(15,16)20-11-3-1-10(2-4-11)12(19)18-6-5-9(7-17)8-18/h1-4,9H,5-8,17H2/t9-/m1/s1. The minimum absolute atomic E-state index is 0.195. The van der Waals surface area contributed by atoms with E-state index in [0.29, 0.717) is 31.1 Å². The molecule has 2 N–H and O–H groups in total. The second kappa shape index (κ2) is 5.70. The molecular formula is C13H15F3N2O2. The predicted molar refractivity (Wildman–Crippen MR) is 66.2 cm³/mol. The number of rotatable bonds is 3. The number of nitrogens with zero attached hydrogens (tertiary/aromatic N) is 1. The molecule has 0 bridgehead atoms. The highest BCUT2D eigenvalue weighted by molar-refractivity contribution is 5.94. The van der Waals surface area contributed by atoms with E-state index < -0.39 is 6.36 Å². The van der Waals surface area contributed by atoms with Crippen LogP contribution in [0.4, 0.5) is 13.2 Å². The van der Waals surface area contributed by atoms with Crippen LogP contribution in [-0.4, -0.2) is 36.8 Å². The van der Waals surface area contributed by atoms with Gasteiger partial charge in [0.1, 0.15) is 5.75 Å². The molecule has 7 heteroatoms. The molecule has 1 atom stereocenters. The van der Waals surface area contributed by atoms with Crippen molar-refractivity contribution in [3.8, 4) is 5.75 Å². The molecule has 110 valence electrons. The quantitative estimate of drug-likeness (QED) is 0.925. The van der Waals surface area contributed by atoms with Crippen molar-refractivity contribution in [2.75, 3.05) is 19.6 Å². The summed E-state index contributed by atoms with van der Waals surface area (Å²) in [5.74, 6) is -0.235. The summed E-state index contributed by atoms with van der Waals surface area (Å²) in [6, 6.07) is 4.94. The SMILES string of the molecule is NC[C@H]1CCN(C(=O)c2ccc(OC(F)(F)F)cc2)C1. The molecule has 1 amide bonds. The number of hydrogen-bond acceptors (Lipinski definition) is 3. The summed E-state index contributed by atoms with van der Waals surface area (Å²) in [6.45, 7) is 1.75. The van der Waals surface area contributed by atoms with Crippen LogP contribution in [0.3, 0.4) is 0 Å². The number of nitrogens with two attached hydrogens (primary N) is 1. The van der Waals surface area contributed by atoms with Crippen molar-refractivity contribution in [3.63, 3.8) is 0 Å². The third kappa shape index (κ3) is 3.63. The second-order valence-electron chi connectivity index (χ2n) is 4.71. The molecule has 0 aromatic heterocycles. The highest BCUT2D eigenvalue weighted by Crippen LogP contribution is 2.24. The predicted octanol–water partition coefficient (Wildman–Crippen LogP) is 2.01. The lowest BCUT2D eigenvalue weighted by Gasteiger charge is -2.16. The van der Waals surface area contributed by atoms with Crippen molar-refractivity contribution in [1.29, 1.82) is 0 Å². The number of benzene rings is 1. The van der Waals surface area contributed by atoms with Gasteiger partial charge in [-0.05, 0) is 43.1 Å². The summed E-state index contributed by atoms with van der Waals surface area (Å²) in [6.07, 6.45) is -3.87.